The van der Waals surface area contributed by atoms with Crippen LogP contribution in [0.2, 0.25) is 0 Å². The molecule has 1 aromatic heterocycles. The molecule has 0 bridgehead atoms. The van der Waals surface area contributed by atoms with Gasteiger partial charge in [0.1, 0.15) is 5.58 Å². The van der Waals surface area contributed by atoms with Crippen LogP contribution in [-0.2, 0) is 10.0 Å². The maximum Gasteiger partial charge on any atom is 0.336 e. The number of rotatable bonds is 2. The molecule has 120 valence electrons. The number of nitrogens with two attached hydrogens (primary N) is 1. The Morgan fingerprint density at radius 1 is 1.14 bits per heavy atom. The Hall–Kier alpha value is -1.41. The third kappa shape index (κ3) is 3.17. The molecule has 0 aliphatic carbocycles. The second-order valence-corrected chi connectivity index (χ2v) is 7.13. The number of hydrogen-bond acceptors (Lipinski definition) is 5. The summed E-state index contributed by atoms with van der Waals surface area (Å²) in [6, 6.07) is 7.42. The molecule has 0 saturated carbocycles. The molecule has 0 amide bonds. The molecule has 1 aromatic carbocycles. The normalized spacial score (nSPS) is 17.3. The summed E-state index contributed by atoms with van der Waals surface area (Å²) in [6.07, 6.45) is 1.34. The van der Waals surface area contributed by atoms with Gasteiger partial charge in [-0.25, -0.2) is 13.2 Å². The summed E-state index contributed by atoms with van der Waals surface area (Å²) in [7, 11) is -3.53. The molecular weight excluding hydrogens is 328 g/mol. The van der Waals surface area contributed by atoms with Crippen molar-refractivity contribution in [1.29, 1.82) is 0 Å². The quantitative estimate of drug-likeness (QED) is 0.829. The molecule has 8 heteroatoms. The predicted octanol–water partition coefficient (Wildman–Crippen LogP) is 1.33. The van der Waals surface area contributed by atoms with Gasteiger partial charge in [0.2, 0.25) is 10.0 Å². The molecule has 0 spiro atoms. The van der Waals surface area contributed by atoms with Crippen LogP contribution in [0.4, 0.5) is 0 Å². The highest BCUT2D eigenvalue weighted by Gasteiger charge is 2.28. The van der Waals surface area contributed by atoms with E-state index in [1.54, 1.807) is 6.07 Å². The van der Waals surface area contributed by atoms with Crippen LogP contribution in [-0.4, -0.2) is 31.9 Å². The number of benzene rings is 1. The molecular formula is C14H17ClN2O4S. The first-order valence-corrected chi connectivity index (χ1v) is 8.20. The first-order valence-electron chi connectivity index (χ1n) is 6.76. The van der Waals surface area contributed by atoms with Crippen molar-refractivity contribution < 1.29 is 12.8 Å². The smallest absolute Gasteiger partial charge is 0.336 e. The van der Waals surface area contributed by atoms with Gasteiger partial charge in [0.15, 0.2) is 0 Å². The number of hydrogen-bond donors (Lipinski definition) is 1. The highest BCUT2D eigenvalue weighted by atomic mass is 35.5. The summed E-state index contributed by atoms with van der Waals surface area (Å²) in [5.74, 6) is 0. The molecule has 6 nitrogen and oxygen atoms in total. The molecule has 1 fully saturated rings. The molecule has 2 N–H and O–H groups in total. The Balaban J connectivity index is 0.00000176. The molecule has 1 saturated heterocycles. The molecule has 2 heterocycles. The van der Waals surface area contributed by atoms with Crippen LogP contribution in [0.5, 0.6) is 0 Å². The lowest BCUT2D eigenvalue weighted by molar-refractivity contribution is 0.320. The van der Waals surface area contributed by atoms with Crippen LogP contribution < -0.4 is 11.4 Å². The summed E-state index contributed by atoms with van der Waals surface area (Å²) >= 11 is 0. The summed E-state index contributed by atoms with van der Waals surface area (Å²) in [5.41, 5.74) is 5.73. The minimum absolute atomic E-state index is 0. The molecule has 1 aliphatic rings. The Morgan fingerprint density at radius 3 is 2.50 bits per heavy atom. The Kier molecular flexibility index (Phi) is 4.91. The van der Waals surface area contributed by atoms with Crippen LogP contribution in [0.1, 0.15) is 12.8 Å². The van der Waals surface area contributed by atoms with E-state index in [1.165, 1.54) is 28.6 Å². The SMILES string of the molecule is Cl.NC1CCN(S(=O)(=O)c2ccc3oc(=O)ccc3c2)CC1. The van der Waals surface area contributed by atoms with Crippen molar-refractivity contribution in [2.45, 2.75) is 23.8 Å². The number of halogens is 1. The zero-order valence-electron chi connectivity index (χ0n) is 11.8. The van der Waals surface area contributed by atoms with E-state index < -0.39 is 15.6 Å². The summed E-state index contributed by atoms with van der Waals surface area (Å²) < 4.78 is 31.7. The maximum absolute atomic E-state index is 12.6. The van der Waals surface area contributed by atoms with Gasteiger partial charge in [0, 0.05) is 30.6 Å². The van der Waals surface area contributed by atoms with Crippen LogP contribution in [0.3, 0.4) is 0 Å². The predicted molar refractivity (Wildman–Crippen MR) is 85.7 cm³/mol. The van der Waals surface area contributed by atoms with Crippen LogP contribution in [0.15, 0.2) is 44.4 Å². The van der Waals surface area contributed by atoms with Crippen LogP contribution in [0.25, 0.3) is 11.0 Å². The first kappa shape index (κ1) is 17.0. The van der Waals surface area contributed by atoms with Gasteiger partial charge >= 0.3 is 5.63 Å². The fourth-order valence-electron chi connectivity index (χ4n) is 2.48. The lowest BCUT2D eigenvalue weighted by Gasteiger charge is -2.29. The van der Waals surface area contributed by atoms with E-state index >= 15 is 0 Å². The largest absolute Gasteiger partial charge is 0.423 e. The van der Waals surface area contributed by atoms with E-state index in [0.717, 1.165) is 0 Å². The lowest BCUT2D eigenvalue weighted by atomic mass is 10.1. The van der Waals surface area contributed by atoms with Crippen molar-refractivity contribution >= 4 is 33.4 Å². The van der Waals surface area contributed by atoms with Gasteiger partial charge in [-0.2, -0.15) is 4.31 Å². The lowest BCUT2D eigenvalue weighted by Crippen LogP contribution is -2.42. The third-order valence-corrected chi connectivity index (χ3v) is 5.62. The van der Waals surface area contributed by atoms with Crippen molar-refractivity contribution in [3.05, 3.63) is 40.8 Å². The van der Waals surface area contributed by atoms with Crippen molar-refractivity contribution in [3.63, 3.8) is 0 Å². The highest BCUT2D eigenvalue weighted by Crippen LogP contribution is 2.23. The van der Waals surface area contributed by atoms with Crippen molar-refractivity contribution in [1.82, 2.24) is 4.31 Å². The van der Waals surface area contributed by atoms with Gasteiger partial charge in [0.25, 0.3) is 0 Å². The number of nitrogens with zero attached hydrogens (tertiary/aromatic N) is 1. The maximum atomic E-state index is 12.6. The Morgan fingerprint density at radius 2 is 1.82 bits per heavy atom. The zero-order chi connectivity index (χ0) is 15.0. The second-order valence-electron chi connectivity index (χ2n) is 5.20. The first-order chi connectivity index (χ1) is 9.96. The van der Waals surface area contributed by atoms with E-state index in [0.29, 0.717) is 36.9 Å². The van der Waals surface area contributed by atoms with Crippen molar-refractivity contribution in [2.24, 2.45) is 5.73 Å². The topological polar surface area (TPSA) is 93.6 Å². The molecule has 0 atom stereocenters. The van der Waals surface area contributed by atoms with E-state index in [1.807, 2.05) is 0 Å². The molecule has 22 heavy (non-hydrogen) atoms. The van der Waals surface area contributed by atoms with E-state index in [2.05, 4.69) is 0 Å². The highest BCUT2D eigenvalue weighted by molar-refractivity contribution is 7.89. The second kappa shape index (κ2) is 6.37. The molecule has 0 unspecified atom stereocenters. The minimum Gasteiger partial charge on any atom is -0.423 e. The average Bonchev–Trinajstić information content (AvgIpc) is 2.47. The van der Waals surface area contributed by atoms with Crippen molar-refractivity contribution in [2.75, 3.05) is 13.1 Å². The van der Waals surface area contributed by atoms with Gasteiger partial charge < -0.3 is 10.2 Å². The van der Waals surface area contributed by atoms with Gasteiger partial charge in [-0.1, -0.05) is 0 Å². The Bertz CT molecular complexity index is 826. The van der Waals surface area contributed by atoms with Crippen LogP contribution in [0, 0.1) is 0 Å². The third-order valence-electron chi connectivity index (χ3n) is 3.73. The van der Waals surface area contributed by atoms with Gasteiger partial charge in [0.05, 0.1) is 4.90 Å². The van der Waals surface area contributed by atoms with Crippen molar-refractivity contribution in [3.8, 4) is 0 Å². The fraction of sp³-hybridized carbons (Fsp3) is 0.357. The van der Waals surface area contributed by atoms with Crippen LogP contribution >= 0.6 is 12.4 Å². The Labute approximate surface area is 134 Å². The van der Waals surface area contributed by atoms with Gasteiger partial charge in [-0.3, -0.25) is 0 Å². The molecule has 3 rings (SSSR count). The number of piperidine rings is 1. The minimum atomic E-state index is -3.53. The van der Waals surface area contributed by atoms with Gasteiger partial charge in [-0.15, -0.1) is 12.4 Å². The summed E-state index contributed by atoms with van der Waals surface area (Å²) in [5, 5.41) is 0.587. The van der Waals surface area contributed by atoms with E-state index in [9.17, 15) is 13.2 Å². The fourth-order valence-corrected chi connectivity index (χ4v) is 3.98. The standard InChI is InChI=1S/C14H16N2O4S.ClH/c15-11-5-7-16(8-6-11)21(18,19)12-2-3-13-10(9-12)1-4-14(17)20-13;/h1-4,9,11H,5-8,15H2;1H. The summed E-state index contributed by atoms with van der Waals surface area (Å²) in [6.45, 7) is 0.872. The van der Waals surface area contributed by atoms with E-state index in [-0.39, 0.29) is 23.3 Å². The monoisotopic (exact) mass is 344 g/mol. The molecule has 1 aliphatic heterocycles. The van der Waals surface area contributed by atoms with E-state index in [4.69, 9.17) is 10.2 Å². The molecule has 0 radical (unpaired) electrons. The number of sulfonamides is 1. The molecule has 2 aromatic rings. The van der Waals surface area contributed by atoms with Gasteiger partial charge in [-0.05, 0) is 37.1 Å². The summed E-state index contributed by atoms with van der Waals surface area (Å²) in [4.78, 5) is 11.3. The number of fused-ring (bicyclic) bond motifs is 1. The average molecular weight is 345 g/mol. The zero-order valence-corrected chi connectivity index (χ0v) is 13.4.